The van der Waals surface area contributed by atoms with Gasteiger partial charge < -0.3 is 15.7 Å². The second kappa shape index (κ2) is 8.89. The highest BCUT2D eigenvalue weighted by atomic mass is 127. The molecule has 17 heavy (non-hydrogen) atoms. The van der Waals surface area contributed by atoms with Crippen LogP contribution in [0.4, 0.5) is 0 Å². The van der Waals surface area contributed by atoms with Gasteiger partial charge in [-0.2, -0.15) is 11.8 Å². The van der Waals surface area contributed by atoms with Crippen LogP contribution in [0.25, 0.3) is 0 Å². The first-order chi connectivity index (χ1) is 7.70. The maximum absolute atomic E-state index is 10.1. The topological polar surface area (TPSA) is 56.7 Å². The summed E-state index contributed by atoms with van der Waals surface area (Å²) in [6, 6.07) is 0. The number of nitrogens with one attached hydrogen (secondary N) is 2. The Labute approximate surface area is 124 Å². The smallest absolute Gasteiger partial charge is 0.192 e. The van der Waals surface area contributed by atoms with E-state index in [1.165, 1.54) is 0 Å². The summed E-state index contributed by atoms with van der Waals surface area (Å²) in [5.74, 6) is 4.95. The van der Waals surface area contributed by atoms with Crippen molar-refractivity contribution < 1.29 is 5.11 Å². The third kappa shape index (κ3) is 6.38. The summed E-state index contributed by atoms with van der Waals surface area (Å²) in [6.45, 7) is 3.65. The van der Waals surface area contributed by atoms with Crippen LogP contribution in [-0.2, 0) is 0 Å². The van der Waals surface area contributed by atoms with E-state index in [0.717, 1.165) is 24.5 Å². The predicted octanol–water partition coefficient (Wildman–Crippen LogP) is 0.661. The summed E-state index contributed by atoms with van der Waals surface area (Å²) < 4.78 is 0. The van der Waals surface area contributed by atoms with Crippen LogP contribution in [0.5, 0.6) is 0 Å². The Morgan fingerprint density at radius 2 is 2.35 bits per heavy atom. The average Bonchev–Trinajstić information content (AvgIpc) is 2.70. The minimum atomic E-state index is -0.636. The number of rotatable bonds is 4. The van der Waals surface area contributed by atoms with Crippen molar-refractivity contribution in [1.82, 2.24) is 10.6 Å². The summed E-state index contributed by atoms with van der Waals surface area (Å²) in [5.41, 5.74) is -0.636. The van der Waals surface area contributed by atoms with Gasteiger partial charge in [-0.3, -0.25) is 4.99 Å². The predicted molar refractivity (Wildman–Crippen MR) is 85.1 cm³/mol. The molecule has 1 rings (SSSR count). The number of guanidine groups is 1. The van der Waals surface area contributed by atoms with Gasteiger partial charge >= 0.3 is 0 Å². The van der Waals surface area contributed by atoms with Crippen LogP contribution in [-0.4, -0.2) is 47.8 Å². The maximum atomic E-state index is 10.1. The number of aliphatic hydroxyl groups is 1. The summed E-state index contributed by atoms with van der Waals surface area (Å²) >= 11 is 1.77. The first kappa shape index (κ1) is 16.9. The van der Waals surface area contributed by atoms with E-state index in [9.17, 15) is 5.11 Å². The molecule has 1 saturated heterocycles. The molecule has 3 N–H and O–H groups in total. The average molecular weight is 369 g/mol. The molecule has 98 valence electrons. The summed E-state index contributed by atoms with van der Waals surface area (Å²) in [7, 11) is 0. The fraction of sp³-hybridized carbons (Fsp3) is 0.727. The maximum Gasteiger partial charge on any atom is 0.192 e. The van der Waals surface area contributed by atoms with Crippen molar-refractivity contribution in [3.63, 3.8) is 0 Å². The van der Waals surface area contributed by atoms with Crippen LogP contribution in [0.3, 0.4) is 0 Å². The standard InChI is InChI=1S/C11H19N3OS.HI/c1-3-6-13-10(12-4-2)14-8-11(15)5-7-16-9-11;/h1,15H,4-9H2,2H3,(H2,12,13,14);1H. The lowest BCUT2D eigenvalue weighted by Crippen LogP contribution is -2.40. The minimum Gasteiger partial charge on any atom is -0.387 e. The summed E-state index contributed by atoms with van der Waals surface area (Å²) in [6.07, 6.45) is 5.98. The third-order valence-corrected chi connectivity index (χ3v) is 3.55. The zero-order chi connectivity index (χ0) is 11.9. The van der Waals surface area contributed by atoms with E-state index in [4.69, 9.17) is 6.42 Å². The molecular formula is C11H20IN3OS. The second-order valence-electron chi connectivity index (χ2n) is 3.78. The molecule has 1 aliphatic rings. The molecule has 0 aromatic heterocycles. The second-order valence-corrected chi connectivity index (χ2v) is 4.88. The Bertz CT molecular complexity index is 285. The SMILES string of the molecule is C#CCNC(=NCC1(O)CCSC1)NCC.I. The lowest BCUT2D eigenvalue weighted by atomic mass is 10.1. The highest BCUT2D eigenvalue weighted by Gasteiger charge is 2.31. The molecule has 0 saturated carbocycles. The van der Waals surface area contributed by atoms with Gasteiger partial charge in [0.2, 0.25) is 0 Å². The number of terminal acetylenes is 1. The molecule has 4 nitrogen and oxygen atoms in total. The number of thioether (sulfide) groups is 1. The monoisotopic (exact) mass is 369 g/mol. The molecular weight excluding hydrogens is 349 g/mol. The fourth-order valence-corrected chi connectivity index (χ4v) is 2.71. The molecule has 0 spiro atoms. The number of halogens is 1. The van der Waals surface area contributed by atoms with Gasteiger partial charge in [-0.1, -0.05) is 5.92 Å². The Morgan fingerprint density at radius 1 is 1.59 bits per heavy atom. The Hall–Kier alpha value is -0.130. The summed E-state index contributed by atoms with van der Waals surface area (Å²) in [5, 5.41) is 16.2. The minimum absolute atomic E-state index is 0. The molecule has 1 atom stereocenters. The first-order valence-corrected chi connectivity index (χ1v) is 6.61. The Kier molecular flexibility index (Phi) is 8.82. The highest BCUT2D eigenvalue weighted by molar-refractivity contribution is 14.0. The Balaban J connectivity index is 0.00000256. The first-order valence-electron chi connectivity index (χ1n) is 5.46. The van der Waals surface area contributed by atoms with Crippen molar-refractivity contribution in [3.05, 3.63) is 0 Å². The number of aliphatic imine (C=N–C) groups is 1. The zero-order valence-electron chi connectivity index (χ0n) is 10.0. The van der Waals surface area contributed by atoms with Crippen molar-refractivity contribution in [2.75, 3.05) is 31.1 Å². The number of hydrogen-bond donors (Lipinski definition) is 3. The molecule has 0 radical (unpaired) electrons. The molecule has 1 unspecified atom stereocenters. The van der Waals surface area contributed by atoms with E-state index in [1.807, 2.05) is 6.92 Å². The van der Waals surface area contributed by atoms with Crippen molar-refractivity contribution in [2.24, 2.45) is 4.99 Å². The molecule has 0 bridgehead atoms. The van der Waals surface area contributed by atoms with Gasteiger partial charge in [0.15, 0.2) is 5.96 Å². The molecule has 6 heteroatoms. The molecule has 0 amide bonds. The van der Waals surface area contributed by atoms with Crippen LogP contribution >= 0.6 is 35.7 Å². The lowest BCUT2D eigenvalue weighted by Gasteiger charge is -2.19. The molecule has 1 fully saturated rings. The van der Waals surface area contributed by atoms with Gasteiger partial charge in [0.1, 0.15) is 0 Å². The van der Waals surface area contributed by atoms with E-state index < -0.39 is 5.60 Å². The number of nitrogens with zero attached hydrogens (tertiary/aromatic N) is 1. The third-order valence-electron chi connectivity index (χ3n) is 2.32. The molecule has 0 aromatic rings. The highest BCUT2D eigenvalue weighted by Crippen LogP contribution is 2.27. The van der Waals surface area contributed by atoms with E-state index in [2.05, 4.69) is 21.5 Å². The van der Waals surface area contributed by atoms with Crippen LogP contribution in [0.2, 0.25) is 0 Å². The van der Waals surface area contributed by atoms with Gasteiger partial charge in [-0.15, -0.1) is 30.4 Å². The van der Waals surface area contributed by atoms with E-state index in [1.54, 1.807) is 11.8 Å². The largest absolute Gasteiger partial charge is 0.387 e. The van der Waals surface area contributed by atoms with Gasteiger partial charge in [-0.05, 0) is 19.1 Å². The van der Waals surface area contributed by atoms with Crippen LogP contribution in [0.1, 0.15) is 13.3 Å². The van der Waals surface area contributed by atoms with Gasteiger partial charge in [-0.25, -0.2) is 0 Å². The lowest BCUT2D eigenvalue weighted by molar-refractivity contribution is 0.0778. The van der Waals surface area contributed by atoms with Gasteiger partial charge in [0, 0.05) is 12.3 Å². The van der Waals surface area contributed by atoms with Crippen molar-refractivity contribution >= 4 is 41.7 Å². The van der Waals surface area contributed by atoms with Crippen molar-refractivity contribution in [3.8, 4) is 12.3 Å². The quantitative estimate of drug-likeness (QED) is 0.295. The Morgan fingerprint density at radius 3 is 2.88 bits per heavy atom. The van der Waals surface area contributed by atoms with E-state index in [0.29, 0.717) is 19.0 Å². The molecule has 1 heterocycles. The normalized spacial score (nSPS) is 23.7. The van der Waals surface area contributed by atoms with Crippen molar-refractivity contribution in [1.29, 1.82) is 0 Å². The molecule has 0 aromatic carbocycles. The molecule has 1 aliphatic heterocycles. The number of hydrogen-bond acceptors (Lipinski definition) is 3. The van der Waals surface area contributed by atoms with Gasteiger partial charge in [0.05, 0.1) is 18.7 Å². The van der Waals surface area contributed by atoms with E-state index >= 15 is 0 Å². The summed E-state index contributed by atoms with van der Waals surface area (Å²) in [4.78, 5) is 4.34. The van der Waals surface area contributed by atoms with Gasteiger partial charge in [0.25, 0.3) is 0 Å². The fourth-order valence-electron chi connectivity index (χ4n) is 1.42. The van der Waals surface area contributed by atoms with Crippen LogP contribution in [0, 0.1) is 12.3 Å². The van der Waals surface area contributed by atoms with E-state index in [-0.39, 0.29) is 24.0 Å². The van der Waals surface area contributed by atoms with Crippen molar-refractivity contribution in [2.45, 2.75) is 18.9 Å². The molecule has 0 aliphatic carbocycles. The van der Waals surface area contributed by atoms with Crippen LogP contribution in [0.15, 0.2) is 4.99 Å². The van der Waals surface area contributed by atoms with Crippen LogP contribution < -0.4 is 10.6 Å². The zero-order valence-corrected chi connectivity index (χ0v) is 13.2.